The van der Waals surface area contributed by atoms with Crippen LogP contribution in [-0.4, -0.2) is 14.0 Å². The topological polar surface area (TPSA) is 46.5 Å². The van der Waals surface area contributed by atoms with Crippen LogP contribution in [0.3, 0.4) is 0 Å². The van der Waals surface area contributed by atoms with Gasteiger partial charge in [-0.3, -0.25) is 4.46 Å². The number of hydrogen-bond donors (Lipinski definition) is 1. The third-order valence-corrected chi connectivity index (χ3v) is 2.56. The Bertz CT molecular complexity index is 497. The van der Waals surface area contributed by atoms with Gasteiger partial charge in [0.05, 0.1) is 0 Å². The van der Waals surface area contributed by atoms with Crippen LogP contribution in [0.5, 0.6) is 5.75 Å². The molecule has 0 bridgehead atoms. The number of rotatable bonds is 3. The van der Waals surface area contributed by atoms with Crippen molar-refractivity contribution in [3.63, 3.8) is 0 Å². The fourth-order valence-corrected chi connectivity index (χ4v) is 1.87. The summed E-state index contributed by atoms with van der Waals surface area (Å²) in [6.45, 7) is 0. The minimum atomic E-state index is -2.97. The Hall–Kier alpha value is -1.94. The van der Waals surface area contributed by atoms with E-state index in [4.69, 9.17) is 9.22 Å². The third-order valence-electron chi connectivity index (χ3n) is 2.17. The van der Waals surface area contributed by atoms with Crippen molar-refractivity contribution < 1.29 is 13.7 Å². The molecule has 1 N–H and O–H groups in total. The summed E-state index contributed by atoms with van der Waals surface area (Å²) in [6.07, 6.45) is 0. The van der Waals surface area contributed by atoms with Crippen LogP contribution in [0.1, 0.15) is 0 Å². The number of para-hydroxylation sites is 1. The first kappa shape index (κ1) is 10.6. The van der Waals surface area contributed by atoms with Gasteiger partial charge in [0, 0.05) is 5.56 Å². The molecule has 2 aromatic carbocycles. The van der Waals surface area contributed by atoms with Crippen LogP contribution in [0.4, 0.5) is 0 Å². The van der Waals surface area contributed by atoms with E-state index in [1.165, 1.54) is 0 Å². The standard InChI is InChI=1S/C12H10O3Si/c13-16(14)15-12-9-5-4-8-11(12)10-6-2-1-3-7-10/h1-9,13H. The molecule has 2 aromatic rings. The smallest absolute Gasteiger partial charge is 0.511 e. The molecule has 0 aliphatic heterocycles. The largest absolute Gasteiger partial charge is 0.770 e. The van der Waals surface area contributed by atoms with E-state index in [0.717, 1.165) is 11.1 Å². The minimum absolute atomic E-state index is 0.431. The van der Waals surface area contributed by atoms with Crippen LogP contribution in [-0.2, 0) is 4.46 Å². The van der Waals surface area contributed by atoms with Gasteiger partial charge in [0.2, 0.25) is 0 Å². The molecule has 0 fully saturated rings. The highest BCUT2D eigenvalue weighted by Gasteiger charge is 2.11. The normalized spacial score (nSPS) is 9.75. The van der Waals surface area contributed by atoms with Crippen molar-refractivity contribution in [3.8, 4) is 16.9 Å². The van der Waals surface area contributed by atoms with Crippen LogP contribution in [0.15, 0.2) is 54.6 Å². The van der Waals surface area contributed by atoms with Crippen molar-refractivity contribution in [1.82, 2.24) is 0 Å². The fraction of sp³-hybridized carbons (Fsp3) is 0. The lowest BCUT2D eigenvalue weighted by atomic mass is 10.1. The predicted octanol–water partition coefficient (Wildman–Crippen LogP) is 2.14. The van der Waals surface area contributed by atoms with E-state index in [1.54, 1.807) is 12.1 Å². The summed E-state index contributed by atoms with van der Waals surface area (Å²) in [4.78, 5) is 8.80. The van der Waals surface area contributed by atoms with Crippen molar-refractivity contribution in [2.45, 2.75) is 0 Å². The molecular formula is C12H10O3Si. The maximum absolute atomic E-state index is 10.7. The average Bonchev–Trinajstić information content (AvgIpc) is 2.30. The van der Waals surface area contributed by atoms with Crippen LogP contribution < -0.4 is 4.43 Å². The molecule has 0 radical (unpaired) electrons. The molecule has 0 aliphatic rings. The Labute approximate surface area is 94.8 Å². The molecule has 16 heavy (non-hydrogen) atoms. The average molecular weight is 230 g/mol. The van der Waals surface area contributed by atoms with E-state index in [1.807, 2.05) is 42.5 Å². The Balaban J connectivity index is 2.44. The van der Waals surface area contributed by atoms with E-state index < -0.39 is 9.17 Å². The summed E-state index contributed by atoms with van der Waals surface area (Å²) < 4.78 is 15.6. The quantitative estimate of drug-likeness (QED) is 0.822. The summed E-state index contributed by atoms with van der Waals surface area (Å²) in [5.41, 5.74) is 1.77. The molecule has 0 aromatic heterocycles. The van der Waals surface area contributed by atoms with Crippen LogP contribution in [0.25, 0.3) is 11.1 Å². The molecule has 0 unspecified atom stereocenters. The molecular weight excluding hydrogens is 220 g/mol. The van der Waals surface area contributed by atoms with Crippen molar-refractivity contribution in [2.75, 3.05) is 0 Å². The van der Waals surface area contributed by atoms with Crippen molar-refractivity contribution in [2.24, 2.45) is 0 Å². The Morgan fingerprint density at radius 1 is 0.938 bits per heavy atom. The summed E-state index contributed by atoms with van der Waals surface area (Å²) in [7, 11) is -2.97. The maximum atomic E-state index is 10.7. The molecule has 0 saturated heterocycles. The first-order valence-electron chi connectivity index (χ1n) is 4.82. The highest BCUT2D eigenvalue weighted by molar-refractivity contribution is 6.25. The molecule has 0 amide bonds. The lowest BCUT2D eigenvalue weighted by Crippen LogP contribution is -2.09. The van der Waals surface area contributed by atoms with Gasteiger partial charge in [-0.25, -0.2) is 0 Å². The fourth-order valence-electron chi connectivity index (χ4n) is 1.51. The zero-order chi connectivity index (χ0) is 11.4. The highest BCUT2D eigenvalue weighted by Crippen LogP contribution is 2.29. The highest BCUT2D eigenvalue weighted by atomic mass is 28.3. The second-order valence-corrected chi connectivity index (χ2v) is 3.97. The summed E-state index contributed by atoms with van der Waals surface area (Å²) in [5.74, 6) is 0.431. The molecule has 0 spiro atoms. The second kappa shape index (κ2) is 4.72. The van der Waals surface area contributed by atoms with Gasteiger partial charge in [0.25, 0.3) is 0 Å². The Morgan fingerprint density at radius 3 is 2.25 bits per heavy atom. The van der Waals surface area contributed by atoms with Crippen molar-refractivity contribution >= 4 is 9.17 Å². The van der Waals surface area contributed by atoms with Gasteiger partial charge in [-0.2, -0.15) is 0 Å². The number of hydrogen-bond acceptors (Lipinski definition) is 2. The van der Waals surface area contributed by atoms with E-state index >= 15 is 0 Å². The molecule has 80 valence electrons. The molecule has 0 atom stereocenters. The van der Waals surface area contributed by atoms with Gasteiger partial charge in [-0.1, -0.05) is 48.5 Å². The van der Waals surface area contributed by atoms with E-state index in [2.05, 4.69) is 0 Å². The van der Waals surface area contributed by atoms with Crippen molar-refractivity contribution in [3.05, 3.63) is 54.6 Å². The van der Waals surface area contributed by atoms with Gasteiger partial charge >= 0.3 is 9.17 Å². The summed E-state index contributed by atoms with van der Waals surface area (Å²) in [6, 6.07) is 16.8. The third kappa shape index (κ3) is 2.35. The van der Waals surface area contributed by atoms with Gasteiger partial charge < -0.3 is 9.22 Å². The summed E-state index contributed by atoms with van der Waals surface area (Å²) in [5, 5.41) is 0. The second-order valence-electron chi connectivity index (χ2n) is 3.23. The van der Waals surface area contributed by atoms with E-state index in [-0.39, 0.29) is 0 Å². The van der Waals surface area contributed by atoms with Crippen LogP contribution >= 0.6 is 0 Å². The van der Waals surface area contributed by atoms with Crippen LogP contribution in [0, 0.1) is 0 Å². The molecule has 3 nitrogen and oxygen atoms in total. The minimum Gasteiger partial charge on any atom is -0.511 e. The molecule has 4 heteroatoms. The predicted molar refractivity (Wildman–Crippen MR) is 61.2 cm³/mol. The maximum Gasteiger partial charge on any atom is 0.770 e. The van der Waals surface area contributed by atoms with Crippen molar-refractivity contribution in [1.29, 1.82) is 0 Å². The summed E-state index contributed by atoms with van der Waals surface area (Å²) >= 11 is 0. The molecule has 2 rings (SSSR count). The van der Waals surface area contributed by atoms with E-state index in [0.29, 0.717) is 5.75 Å². The van der Waals surface area contributed by atoms with Gasteiger partial charge in [0.15, 0.2) is 0 Å². The first-order valence-corrected chi connectivity index (χ1v) is 6.09. The zero-order valence-corrected chi connectivity index (χ0v) is 9.46. The Kier molecular flexibility index (Phi) is 3.12. The number of benzene rings is 2. The SMILES string of the molecule is O=[Si](O)Oc1ccccc1-c1ccccc1. The van der Waals surface area contributed by atoms with E-state index in [9.17, 15) is 4.46 Å². The van der Waals surface area contributed by atoms with Gasteiger partial charge in [-0.15, -0.1) is 0 Å². The monoisotopic (exact) mass is 230 g/mol. The van der Waals surface area contributed by atoms with Gasteiger partial charge in [0.1, 0.15) is 5.75 Å². The Morgan fingerprint density at radius 2 is 1.56 bits per heavy atom. The molecule has 0 aliphatic carbocycles. The van der Waals surface area contributed by atoms with Gasteiger partial charge in [-0.05, 0) is 11.6 Å². The first-order chi connectivity index (χ1) is 7.77. The van der Waals surface area contributed by atoms with Crippen LogP contribution in [0.2, 0.25) is 0 Å². The zero-order valence-electron chi connectivity index (χ0n) is 8.46. The lowest BCUT2D eigenvalue weighted by molar-refractivity contribution is 0.339. The molecule has 0 saturated carbocycles. The molecule has 0 heterocycles. The lowest BCUT2D eigenvalue weighted by Gasteiger charge is -2.07.